The summed E-state index contributed by atoms with van der Waals surface area (Å²) >= 11 is 0. The number of hydrogen-bond donors (Lipinski definition) is 2. The van der Waals surface area contributed by atoms with Crippen LogP contribution in [0.1, 0.15) is 35.3 Å². The summed E-state index contributed by atoms with van der Waals surface area (Å²) in [7, 11) is 0. The van der Waals surface area contributed by atoms with Crippen LogP contribution in [0.15, 0.2) is 12.1 Å². The van der Waals surface area contributed by atoms with Gasteiger partial charge in [-0.25, -0.2) is 4.79 Å². The van der Waals surface area contributed by atoms with Gasteiger partial charge in [-0.2, -0.15) is 0 Å². The smallest absolute Gasteiger partial charge is 0.341 e. The van der Waals surface area contributed by atoms with Gasteiger partial charge in [0.25, 0.3) is 5.91 Å². The number of nitrogens with one attached hydrogen (secondary N) is 1. The molecule has 0 aromatic heterocycles. The lowest BCUT2D eigenvalue weighted by atomic mass is 10.0. The van der Waals surface area contributed by atoms with E-state index in [4.69, 9.17) is 9.84 Å². The average Bonchev–Trinajstić information content (AvgIpc) is 2.34. The first-order valence-electron chi connectivity index (χ1n) is 6.55. The summed E-state index contributed by atoms with van der Waals surface area (Å²) in [6.45, 7) is 7.88. The van der Waals surface area contributed by atoms with Gasteiger partial charge in [0.15, 0.2) is 6.61 Å². The van der Waals surface area contributed by atoms with Crippen molar-refractivity contribution in [2.75, 3.05) is 13.2 Å². The van der Waals surface area contributed by atoms with Crippen molar-refractivity contribution in [2.24, 2.45) is 5.92 Å². The standard InChI is InChI=1S/C15H21NO4/c1-9(2)7-16-15(19)12-5-10(3)14(11(4)6-12)20-8-13(17)18/h5-6,9H,7-8H2,1-4H3,(H,16,19)(H,17,18). The Morgan fingerprint density at radius 2 is 1.80 bits per heavy atom. The highest BCUT2D eigenvalue weighted by Crippen LogP contribution is 2.24. The largest absolute Gasteiger partial charge is 0.481 e. The zero-order chi connectivity index (χ0) is 15.3. The Morgan fingerprint density at radius 3 is 2.25 bits per heavy atom. The van der Waals surface area contributed by atoms with Crippen LogP contribution >= 0.6 is 0 Å². The second-order valence-corrected chi connectivity index (χ2v) is 5.23. The number of benzene rings is 1. The number of aryl methyl sites for hydroxylation is 2. The molecule has 0 saturated carbocycles. The van der Waals surface area contributed by atoms with Crippen LogP contribution in [-0.2, 0) is 4.79 Å². The van der Waals surface area contributed by atoms with Gasteiger partial charge in [0.2, 0.25) is 0 Å². The predicted octanol–water partition coefficient (Wildman–Crippen LogP) is 2.15. The molecule has 1 amide bonds. The first kappa shape index (κ1) is 16.0. The topological polar surface area (TPSA) is 75.6 Å². The summed E-state index contributed by atoms with van der Waals surface area (Å²) in [5, 5.41) is 11.5. The van der Waals surface area contributed by atoms with Gasteiger partial charge >= 0.3 is 5.97 Å². The lowest BCUT2D eigenvalue weighted by molar-refractivity contribution is -0.139. The van der Waals surface area contributed by atoms with Crippen LogP contribution in [0, 0.1) is 19.8 Å². The maximum Gasteiger partial charge on any atom is 0.341 e. The number of carboxylic acid groups (broad SMARTS) is 1. The van der Waals surface area contributed by atoms with E-state index in [9.17, 15) is 9.59 Å². The van der Waals surface area contributed by atoms with Crippen molar-refractivity contribution >= 4 is 11.9 Å². The molecule has 0 aliphatic rings. The number of amides is 1. The Hall–Kier alpha value is -2.04. The molecule has 2 N–H and O–H groups in total. The quantitative estimate of drug-likeness (QED) is 0.836. The van der Waals surface area contributed by atoms with E-state index >= 15 is 0 Å². The molecule has 0 aliphatic carbocycles. The predicted molar refractivity (Wildman–Crippen MR) is 76.2 cm³/mol. The molecule has 0 heterocycles. The molecular formula is C15H21NO4. The number of carboxylic acids is 1. The van der Waals surface area contributed by atoms with Crippen LogP contribution in [0.3, 0.4) is 0 Å². The first-order chi connectivity index (χ1) is 9.31. The van der Waals surface area contributed by atoms with Gasteiger partial charge in [-0.05, 0) is 43.0 Å². The molecule has 5 nitrogen and oxygen atoms in total. The molecule has 5 heteroatoms. The van der Waals surface area contributed by atoms with Crippen molar-refractivity contribution in [1.29, 1.82) is 0 Å². The van der Waals surface area contributed by atoms with E-state index in [1.54, 1.807) is 26.0 Å². The number of rotatable bonds is 6. The van der Waals surface area contributed by atoms with Gasteiger partial charge in [0.05, 0.1) is 0 Å². The fraction of sp³-hybridized carbons (Fsp3) is 0.467. The number of aliphatic carboxylic acids is 1. The van der Waals surface area contributed by atoms with E-state index < -0.39 is 5.97 Å². The summed E-state index contributed by atoms with van der Waals surface area (Å²) in [6, 6.07) is 3.42. The highest BCUT2D eigenvalue weighted by atomic mass is 16.5. The van der Waals surface area contributed by atoms with Gasteiger partial charge in [-0.15, -0.1) is 0 Å². The Labute approximate surface area is 118 Å². The second kappa shape index (κ2) is 6.93. The zero-order valence-corrected chi connectivity index (χ0v) is 12.3. The molecule has 1 aromatic rings. The minimum atomic E-state index is -1.03. The SMILES string of the molecule is Cc1cc(C(=O)NCC(C)C)cc(C)c1OCC(=O)O. The van der Waals surface area contributed by atoms with E-state index in [2.05, 4.69) is 5.32 Å². The molecule has 0 unspecified atom stereocenters. The minimum Gasteiger partial charge on any atom is -0.481 e. The van der Waals surface area contributed by atoms with Crippen molar-refractivity contribution in [3.63, 3.8) is 0 Å². The molecule has 0 fully saturated rings. The van der Waals surface area contributed by atoms with Crippen molar-refractivity contribution in [2.45, 2.75) is 27.7 Å². The maximum absolute atomic E-state index is 12.0. The van der Waals surface area contributed by atoms with Crippen molar-refractivity contribution in [1.82, 2.24) is 5.32 Å². The Kier molecular flexibility index (Phi) is 5.55. The molecule has 1 aromatic carbocycles. The fourth-order valence-corrected chi connectivity index (χ4v) is 1.84. The van der Waals surface area contributed by atoms with Gasteiger partial charge in [-0.1, -0.05) is 13.8 Å². The summed E-state index contributed by atoms with van der Waals surface area (Å²) in [5.41, 5.74) is 2.06. The van der Waals surface area contributed by atoms with Gasteiger partial charge in [-0.3, -0.25) is 4.79 Å². The molecule has 0 saturated heterocycles. The third-order valence-corrected chi connectivity index (χ3v) is 2.73. The Morgan fingerprint density at radius 1 is 1.25 bits per heavy atom. The number of carbonyl (C=O) groups is 2. The third kappa shape index (κ3) is 4.57. The molecular weight excluding hydrogens is 258 g/mol. The second-order valence-electron chi connectivity index (χ2n) is 5.23. The Balaban J connectivity index is 2.87. The van der Waals surface area contributed by atoms with Crippen molar-refractivity contribution in [3.8, 4) is 5.75 Å². The van der Waals surface area contributed by atoms with Crippen LogP contribution in [0.25, 0.3) is 0 Å². The first-order valence-corrected chi connectivity index (χ1v) is 6.55. The summed E-state index contributed by atoms with van der Waals surface area (Å²) in [6.07, 6.45) is 0. The van der Waals surface area contributed by atoms with Gasteiger partial charge in [0, 0.05) is 12.1 Å². The summed E-state index contributed by atoms with van der Waals surface area (Å²) in [5.74, 6) is -0.246. The van der Waals surface area contributed by atoms with E-state index in [-0.39, 0.29) is 12.5 Å². The minimum absolute atomic E-state index is 0.130. The highest BCUT2D eigenvalue weighted by Gasteiger charge is 2.12. The maximum atomic E-state index is 12.0. The van der Waals surface area contributed by atoms with Gasteiger partial charge in [0.1, 0.15) is 5.75 Å². The molecule has 20 heavy (non-hydrogen) atoms. The molecule has 110 valence electrons. The molecule has 0 aliphatic heterocycles. The average molecular weight is 279 g/mol. The van der Waals surface area contributed by atoms with Crippen LogP contribution < -0.4 is 10.1 Å². The summed E-state index contributed by atoms with van der Waals surface area (Å²) < 4.78 is 5.23. The third-order valence-electron chi connectivity index (χ3n) is 2.73. The van der Waals surface area contributed by atoms with Gasteiger partial charge < -0.3 is 15.2 Å². The normalized spacial score (nSPS) is 10.4. The van der Waals surface area contributed by atoms with Crippen LogP contribution in [0.2, 0.25) is 0 Å². The van der Waals surface area contributed by atoms with Crippen LogP contribution in [0.5, 0.6) is 5.75 Å². The summed E-state index contributed by atoms with van der Waals surface area (Å²) in [4.78, 5) is 22.5. The molecule has 1 rings (SSSR count). The zero-order valence-electron chi connectivity index (χ0n) is 12.3. The monoisotopic (exact) mass is 279 g/mol. The van der Waals surface area contributed by atoms with E-state index in [0.29, 0.717) is 23.8 Å². The highest BCUT2D eigenvalue weighted by molar-refractivity contribution is 5.94. The molecule has 0 radical (unpaired) electrons. The van der Waals surface area contributed by atoms with E-state index in [0.717, 1.165) is 11.1 Å². The number of ether oxygens (including phenoxy) is 1. The van der Waals surface area contributed by atoms with E-state index in [1.807, 2.05) is 13.8 Å². The Bertz CT molecular complexity index is 486. The lowest BCUT2D eigenvalue weighted by Gasteiger charge is -2.13. The molecule has 0 atom stereocenters. The van der Waals surface area contributed by atoms with Crippen molar-refractivity contribution in [3.05, 3.63) is 28.8 Å². The van der Waals surface area contributed by atoms with Crippen LogP contribution in [-0.4, -0.2) is 30.1 Å². The molecule has 0 bridgehead atoms. The fourth-order valence-electron chi connectivity index (χ4n) is 1.84. The van der Waals surface area contributed by atoms with Crippen LogP contribution in [0.4, 0.5) is 0 Å². The molecule has 0 spiro atoms. The lowest BCUT2D eigenvalue weighted by Crippen LogP contribution is -2.27. The number of carbonyl (C=O) groups excluding carboxylic acids is 1. The number of hydrogen-bond acceptors (Lipinski definition) is 3. The van der Waals surface area contributed by atoms with E-state index in [1.165, 1.54) is 0 Å². The van der Waals surface area contributed by atoms with Crippen molar-refractivity contribution < 1.29 is 19.4 Å².